The largest absolute Gasteiger partial charge is 0.296 e. The van der Waals surface area contributed by atoms with Crippen LogP contribution in [0.15, 0.2) is 72.8 Å². The minimum Gasteiger partial charge on any atom is -0.296 e. The average molecular weight is 517 g/mol. The number of hydrogen-bond acceptors (Lipinski definition) is 6. The zero-order valence-corrected chi connectivity index (χ0v) is 20.2. The zero-order chi connectivity index (χ0) is 24.3. The van der Waals surface area contributed by atoms with E-state index in [1.54, 1.807) is 24.3 Å². The highest BCUT2D eigenvalue weighted by Crippen LogP contribution is 2.28. The van der Waals surface area contributed by atoms with Crippen LogP contribution in [0.4, 0.5) is 15.2 Å². The lowest BCUT2D eigenvalue weighted by Crippen LogP contribution is -2.29. The van der Waals surface area contributed by atoms with Gasteiger partial charge in [-0.2, -0.15) is 0 Å². The number of halogens is 2. The Morgan fingerprint density at radius 1 is 1.00 bits per heavy atom. The summed E-state index contributed by atoms with van der Waals surface area (Å²) in [4.78, 5) is 12.6. The van der Waals surface area contributed by atoms with Gasteiger partial charge >= 0.3 is 0 Å². The van der Waals surface area contributed by atoms with Crippen LogP contribution >= 0.6 is 22.9 Å². The Kier molecular flexibility index (Phi) is 6.92. The quantitative estimate of drug-likeness (QED) is 0.364. The number of rotatable bonds is 7. The first-order chi connectivity index (χ1) is 16.2. The molecule has 7 nitrogen and oxygen atoms in total. The van der Waals surface area contributed by atoms with Crippen LogP contribution in [-0.4, -0.2) is 30.8 Å². The van der Waals surface area contributed by atoms with Gasteiger partial charge in [-0.05, 0) is 54.1 Å². The summed E-state index contributed by atoms with van der Waals surface area (Å²) >= 11 is 7.12. The second kappa shape index (κ2) is 9.88. The van der Waals surface area contributed by atoms with Crippen LogP contribution in [0.5, 0.6) is 0 Å². The van der Waals surface area contributed by atoms with Crippen molar-refractivity contribution in [3.05, 3.63) is 94.8 Å². The minimum absolute atomic E-state index is 0.0307. The van der Waals surface area contributed by atoms with Crippen molar-refractivity contribution in [3.63, 3.8) is 0 Å². The predicted molar refractivity (Wildman–Crippen MR) is 132 cm³/mol. The van der Waals surface area contributed by atoms with Gasteiger partial charge < -0.3 is 0 Å². The third-order valence-corrected chi connectivity index (χ3v) is 7.07. The van der Waals surface area contributed by atoms with Gasteiger partial charge in [-0.15, -0.1) is 10.2 Å². The first kappa shape index (κ1) is 23.8. The number of nitrogens with one attached hydrogen (secondary N) is 1. The van der Waals surface area contributed by atoms with Crippen LogP contribution in [0.3, 0.4) is 0 Å². The van der Waals surface area contributed by atoms with Gasteiger partial charge in [0.1, 0.15) is 10.8 Å². The molecule has 0 unspecified atom stereocenters. The summed E-state index contributed by atoms with van der Waals surface area (Å²) in [5, 5.41) is 12.4. The molecule has 0 saturated heterocycles. The molecule has 1 aromatic heterocycles. The van der Waals surface area contributed by atoms with E-state index in [-0.39, 0.29) is 6.54 Å². The second-order valence-electron chi connectivity index (χ2n) is 7.32. The molecule has 0 saturated carbocycles. The number of hydrogen-bond donors (Lipinski definition) is 1. The van der Waals surface area contributed by atoms with Gasteiger partial charge in [0, 0.05) is 16.1 Å². The smallest absolute Gasteiger partial charge is 0.257 e. The Morgan fingerprint density at radius 3 is 2.26 bits per heavy atom. The lowest BCUT2D eigenvalue weighted by molar-refractivity contribution is 0.102. The summed E-state index contributed by atoms with van der Waals surface area (Å²) < 4.78 is 39.1. The Morgan fingerprint density at radius 2 is 1.65 bits per heavy atom. The van der Waals surface area contributed by atoms with Crippen LogP contribution < -0.4 is 9.62 Å². The van der Waals surface area contributed by atoms with E-state index in [1.807, 2.05) is 12.1 Å². The molecule has 3 aromatic carbocycles. The molecule has 0 bridgehead atoms. The van der Waals surface area contributed by atoms with Gasteiger partial charge in [0.05, 0.1) is 18.5 Å². The van der Waals surface area contributed by atoms with Crippen LogP contribution in [0, 0.1) is 5.82 Å². The molecule has 1 amide bonds. The van der Waals surface area contributed by atoms with E-state index < -0.39 is 21.7 Å². The molecule has 4 aromatic rings. The van der Waals surface area contributed by atoms with Crippen molar-refractivity contribution < 1.29 is 17.6 Å². The van der Waals surface area contributed by atoms with E-state index in [0.29, 0.717) is 32.0 Å². The van der Waals surface area contributed by atoms with Gasteiger partial charge in [0.15, 0.2) is 0 Å². The molecule has 0 fully saturated rings. The van der Waals surface area contributed by atoms with Crippen molar-refractivity contribution in [2.75, 3.05) is 15.9 Å². The second-order valence-corrected chi connectivity index (χ2v) is 10.6. The lowest BCUT2D eigenvalue weighted by atomic mass is 10.2. The van der Waals surface area contributed by atoms with Crippen LogP contribution in [-0.2, 0) is 16.6 Å². The zero-order valence-electron chi connectivity index (χ0n) is 17.8. The van der Waals surface area contributed by atoms with Crippen LogP contribution in [0.2, 0.25) is 5.02 Å². The Hall–Kier alpha value is -3.34. The van der Waals surface area contributed by atoms with Gasteiger partial charge in [0.2, 0.25) is 15.2 Å². The molecule has 34 heavy (non-hydrogen) atoms. The fourth-order valence-corrected chi connectivity index (χ4v) is 4.85. The van der Waals surface area contributed by atoms with E-state index in [1.165, 1.54) is 52.0 Å². The van der Waals surface area contributed by atoms with E-state index in [0.717, 1.165) is 11.8 Å². The summed E-state index contributed by atoms with van der Waals surface area (Å²) in [5.74, 6) is -0.810. The van der Waals surface area contributed by atoms with Crippen molar-refractivity contribution in [3.8, 4) is 10.6 Å². The van der Waals surface area contributed by atoms with Crippen molar-refractivity contribution in [1.82, 2.24) is 10.2 Å². The summed E-state index contributed by atoms with van der Waals surface area (Å²) in [6.45, 7) is 0.0307. The molecule has 0 atom stereocenters. The van der Waals surface area contributed by atoms with E-state index in [2.05, 4.69) is 15.5 Å². The average Bonchev–Trinajstić information content (AvgIpc) is 3.27. The summed E-state index contributed by atoms with van der Waals surface area (Å²) in [6, 6.07) is 18.8. The van der Waals surface area contributed by atoms with E-state index in [9.17, 15) is 17.6 Å². The summed E-state index contributed by atoms with van der Waals surface area (Å²) in [5.41, 5.74) is 2.15. The number of carbonyl (C=O) groups excluding carboxylic acids is 1. The fraction of sp³-hybridized carbons (Fsp3) is 0.0870. The monoisotopic (exact) mass is 516 g/mol. The topological polar surface area (TPSA) is 92.3 Å². The number of anilines is 2. The molecule has 0 spiro atoms. The molecule has 0 aliphatic carbocycles. The third-order valence-electron chi connectivity index (χ3n) is 4.79. The van der Waals surface area contributed by atoms with Crippen molar-refractivity contribution in [2.24, 2.45) is 0 Å². The maximum atomic E-state index is 13.2. The van der Waals surface area contributed by atoms with Gasteiger partial charge in [-0.1, -0.05) is 47.2 Å². The number of amides is 1. The minimum atomic E-state index is -3.62. The number of nitrogens with zero attached hydrogens (tertiary/aromatic N) is 3. The predicted octanol–water partition coefficient (Wildman–Crippen LogP) is 5.22. The van der Waals surface area contributed by atoms with Gasteiger partial charge in [-0.25, -0.2) is 12.8 Å². The summed E-state index contributed by atoms with van der Waals surface area (Å²) in [6.07, 6.45) is 1.09. The highest BCUT2D eigenvalue weighted by molar-refractivity contribution is 7.92. The van der Waals surface area contributed by atoms with Crippen molar-refractivity contribution in [1.29, 1.82) is 0 Å². The number of carbonyl (C=O) groups is 1. The normalized spacial score (nSPS) is 11.3. The third kappa shape index (κ3) is 5.77. The van der Waals surface area contributed by atoms with Gasteiger partial charge in [-0.3, -0.25) is 14.4 Å². The first-order valence-electron chi connectivity index (χ1n) is 9.92. The molecule has 4 rings (SSSR count). The number of aromatic nitrogens is 2. The van der Waals surface area contributed by atoms with E-state index in [4.69, 9.17) is 11.6 Å². The summed E-state index contributed by atoms with van der Waals surface area (Å²) in [7, 11) is -3.62. The maximum absolute atomic E-state index is 13.2. The molecule has 1 heterocycles. The molecule has 0 aliphatic heterocycles. The molecule has 0 radical (unpaired) electrons. The van der Waals surface area contributed by atoms with Crippen LogP contribution in [0.25, 0.3) is 10.6 Å². The van der Waals surface area contributed by atoms with Crippen LogP contribution in [0.1, 0.15) is 15.9 Å². The number of benzene rings is 3. The Labute approximate surface area is 204 Å². The molecule has 174 valence electrons. The fourth-order valence-electron chi connectivity index (χ4n) is 3.09. The Bertz CT molecular complexity index is 1410. The SMILES string of the molecule is CS(=O)(=O)N(Cc1ccc(F)cc1)c1ccc(C(=O)Nc2nnc(-c3ccc(Cl)cc3)s2)cc1. The maximum Gasteiger partial charge on any atom is 0.257 e. The van der Waals surface area contributed by atoms with Crippen molar-refractivity contribution >= 4 is 49.7 Å². The highest BCUT2D eigenvalue weighted by atomic mass is 35.5. The molecular formula is C23H18ClFN4O3S2. The molecule has 11 heteroatoms. The number of sulfonamides is 1. The van der Waals surface area contributed by atoms with E-state index >= 15 is 0 Å². The standard InChI is InChI=1S/C23H18ClFN4O3S2/c1-34(31,32)29(14-15-2-10-19(25)11-3-15)20-12-6-16(7-13-20)21(30)26-23-28-27-22(33-23)17-4-8-18(24)9-5-17/h2-13H,14H2,1H3,(H,26,28,30). The Balaban J connectivity index is 1.48. The first-order valence-corrected chi connectivity index (χ1v) is 13.0. The lowest BCUT2D eigenvalue weighted by Gasteiger charge is -2.22. The highest BCUT2D eigenvalue weighted by Gasteiger charge is 2.19. The molecule has 0 aliphatic rings. The molecule has 1 N–H and O–H groups in total. The van der Waals surface area contributed by atoms with Crippen molar-refractivity contribution in [2.45, 2.75) is 6.54 Å². The van der Waals surface area contributed by atoms with Gasteiger partial charge in [0.25, 0.3) is 5.91 Å². The molecular weight excluding hydrogens is 499 g/mol.